The first-order valence-corrected chi connectivity index (χ1v) is 8.64. The van der Waals surface area contributed by atoms with Crippen LogP contribution in [-0.2, 0) is 11.3 Å². The second-order valence-electron chi connectivity index (χ2n) is 5.51. The summed E-state index contributed by atoms with van der Waals surface area (Å²) >= 11 is 8.19. The molecule has 3 nitrogen and oxygen atoms in total. The van der Waals surface area contributed by atoms with Gasteiger partial charge in [-0.1, -0.05) is 0 Å². The van der Waals surface area contributed by atoms with Gasteiger partial charge in [0.2, 0.25) is 0 Å². The van der Waals surface area contributed by atoms with Crippen molar-refractivity contribution in [1.29, 1.82) is 0 Å². The van der Waals surface area contributed by atoms with E-state index in [2.05, 4.69) is 4.98 Å². The second kappa shape index (κ2) is 6.38. The number of rotatable bonds is 6. The molecule has 3 rings (SSSR count). The maximum absolute atomic E-state index is 13.8. The quantitative estimate of drug-likeness (QED) is 0.389. The molecular formula is C15H17ClFIN2O. The largest absolute Gasteiger partial charge is 0.379 e. The first-order valence-electron chi connectivity index (χ1n) is 7.13. The summed E-state index contributed by atoms with van der Waals surface area (Å²) in [6.07, 6.45) is 2.56. The van der Waals surface area contributed by atoms with Crippen LogP contribution in [0.4, 0.5) is 4.39 Å². The van der Waals surface area contributed by atoms with E-state index in [9.17, 15) is 4.39 Å². The van der Waals surface area contributed by atoms with E-state index in [4.69, 9.17) is 16.3 Å². The van der Waals surface area contributed by atoms with Crippen LogP contribution in [0.15, 0.2) is 12.1 Å². The van der Waals surface area contributed by atoms with Crippen LogP contribution in [0.1, 0.15) is 31.0 Å². The van der Waals surface area contributed by atoms with Gasteiger partial charge in [0.1, 0.15) is 11.6 Å². The Labute approximate surface area is 142 Å². The minimum atomic E-state index is -0.225. The lowest BCUT2D eigenvalue weighted by molar-refractivity contribution is 0.117. The molecule has 1 aliphatic rings. The lowest BCUT2D eigenvalue weighted by atomic mass is 10.3. The molecule has 1 aliphatic carbocycles. The van der Waals surface area contributed by atoms with Crippen molar-refractivity contribution in [2.75, 3.05) is 13.2 Å². The molecule has 0 spiro atoms. The number of hydrogen-bond donors (Lipinski definition) is 0. The lowest BCUT2D eigenvalue weighted by Gasteiger charge is -2.11. The van der Waals surface area contributed by atoms with Crippen molar-refractivity contribution >= 4 is 45.2 Å². The Kier molecular flexibility index (Phi) is 4.71. The number of fused-ring (bicyclic) bond motifs is 1. The lowest BCUT2D eigenvalue weighted by Crippen LogP contribution is -2.11. The minimum Gasteiger partial charge on any atom is -0.379 e. The van der Waals surface area contributed by atoms with E-state index < -0.39 is 0 Å². The molecule has 0 bridgehead atoms. The summed E-state index contributed by atoms with van der Waals surface area (Å²) in [6.45, 7) is 3.96. The van der Waals surface area contributed by atoms with Crippen molar-refractivity contribution in [2.45, 2.75) is 31.7 Å². The van der Waals surface area contributed by atoms with E-state index in [1.807, 2.05) is 34.1 Å². The van der Waals surface area contributed by atoms with Gasteiger partial charge in [-0.15, -0.1) is 11.6 Å². The van der Waals surface area contributed by atoms with Gasteiger partial charge in [0, 0.05) is 19.2 Å². The third-order valence-electron chi connectivity index (χ3n) is 3.69. The van der Waals surface area contributed by atoms with Crippen LogP contribution in [0.5, 0.6) is 0 Å². The molecule has 0 N–H and O–H groups in total. The fourth-order valence-corrected chi connectivity index (χ4v) is 2.99. The van der Waals surface area contributed by atoms with Gasteiger partial charge < -0.3 is 9.30 Å². The Balaban J connectivity index is 1.85. The summed E-state index contributed by atoms with van der Waals surface area (Å²) in [5, 5.41) is -0.221. The van der Waals surface area contributed by atoms with Crippen molar-refractivity contribution in [3.05, 3.63) is 27.3 Å². The van der Waals surface area contributed by atoms with Crippen molar-refractivity contribution in [1.82, 2.24) is 9.55 Å². The zero-order chi connectivity index (χ0) is 15.0. The molecule has 0 aliphatic heterocycles. The van der Waals surface area contributed by atoms with Crippen LogP contribution in [0.2, 0.25) is 0 Å². The molecule has 1 heterocycles. The maximum atomic E-state index is 13.8. The zero-order valence-electron chi connectivity index (χ0n) is 11.8. The van der Waals surface area contributed by atoms with Crippen LogP contribution in [-0.4, -0.2) is 22.8 Å². The van der Waals surface area contributed by atoms with Gasteiger partial charge in [-0.3, -0.25) is 0 Å². The van der Waals surface area contributed by atoms with Crippen LogP contribution in [0, 0.1) is 15.3 Å². The molecule has 0 radical (unpaired) electrons. The number of hydrogen-bond acceptors (Lipinski definition) is 2. The minimum absolute atomic E-state index is 0.221. The molecule has 1 atom stereocenters. The topological polar surface area (TPSA) is 27.1 Å². The highest BCUT2D eigenvalue weighted by molar-refractivity contribution is 14.1. The van der Waals surface area contributed by atoms with Gasteiger partial charge in [-0.05, 0) is 54.3 Å². The molecule has 21 heavy (non-hydrogen) atoms. The molecule has 0 amide bonds. The third kappa shape index (κ3) is 3.51. The Morgan fingerprint density at radius 3 is 2.95 bits per heavy atom. The Morgan fingerprint density at radius 1 is 1.52 bits per heavy atom. The highest BCUT2D eigenvalue weighted by atomic mass is 127. The molecular weight excluding hydrogens is 406 g/mol. The molecule has 2 aromatic rings. The maximum Gasteiger partial charge on any atom is 0.138 e. The number of nitrogens with zero attached hydrogens (tertiary/aromatic N) is 2. The standard InChI is InChI=1S/C15H17ClFIN2O/c1-9(16)15-19-13-7-12(18)11(17)6-14(13)20(15)4-5-21-8-10-2-3-10/h6-7,9-10H,2-5,8H2,1H3. The molecule has 1 saturated carbocycles. The predicted octanol–water partition coefficient (Wildman–Crippen LogP) is 4.51. The van der Waals surface area contributed by atoms with Gasteiger partial charge in [0.05, 0.1) is 26.6 Å². The first kappa shape index (κ1) is 15.5. The van der Waals surface area contributed by atoms with Crippen molar-refractivity contribution < 1.29 is 9.13 Å². The highest BCUT2D eigenvalue weighted by Crippen LogP contribution is 2.29. The molecule has 114 valence electrons. The van der Waals surface area contributed by atoms with E-state index in [-0.39, 0.29) is 11.2 Å². The number of aromatic nitrogens is 2. The Morgan fingerprint density at radius 2 is 2.29 bits per heavy atom. The normalized spacial score (nSPS) is 16.6. The van der Waals surface area contributed by atoms with Crippen LogP contribution in [0.3, 0.4) is 0 Å². The molecule has 1 aromatic carbocycles. The third-order valence-corrected chi connectivity index (χ3v) is 4.71. The van der Waals surface area contributed by atoms with Crippen molar-refractivity contribution in [3.8, 4) is 0 Å². The summed E-state index contributed by atoms with van der Waals surface area (Å²) < 4.78 is 22.1. The Hall–Kier alpha value is -0.400. The van der Waals surface area contributed by atoms with E-state index in [1.54, 1.807) is 6.07 Å². The zero-order valence-corrected chi connectivity index (χ0v) is 14.7. The molecule has 1 fully saturated rings. The van der Waals surface area contributed by atoms with Gasteiger partial charge in [0.15, 0.2) is 0 Å². The summed E-state index contributed by atoms with van der Waals surface area (Å²) in [5.41, 5.74) is 1.57. The van der Waals surface area contributed by atoms with Gasteiger partial charge >= 0.3 is 0 Å². The van der Waals surface area contributed by atoms with Gasteiger partial charge in [-0.25, -0.2) is 9.37 Å². The monoisotopic (exact) mass is 422 g/mol. The number of benzene rings is 1. The predicted molar refractivity (Wildman–Crippen MR) is 90.2 cm³/mol. The average Bonchev–Trinajstić information content (AvgIpc) is 3.19. The second-order valence-corrected chi connectivity index (χ2v) is 7.33. The fourth-order valence-electron chi connectivity index (χ4n) is 2.37. The Bertz CT molecular complexity index is 655. The summed E-state index contributed by atoms with van der Waals surface area (Å²) in [4.78, 5) is 4.54. The van der Waals surface area contributed by atoms with Crippen LogP contribution in [0.25, 0.3) is 11.0 Å². The fraction of sp³-hybridized carbons (Fsp3) is 0.533. The van der Waals surface area contributed by atoms with E-state index >= 15 is 0 Å². The molecule has 0 saturated heterocycles. The average molecular weight is 423 g/mol. The highest BCUT2D eigenvalue weighted by Gasteiger charge is 2.21. The SMILES string of the molecule is CC(Cl)c1nc2cc(I)c(F)cc2n1CCOCC1CC1. The number of halogens is 3. The summed E-state index contributed by atoms with van der Waals surface area (Å²) in [7, 11) is 0. The first-order chi connectivity index (χ1) is 10.1. The van der Waals surface area contributed by atoms with Crippen LogP contribution < -0.4 is 0 Å². The van der Waals surface area contributed by atoms with Gasteiger partial charge in [0.25, 0.3) is 0 Å². The van der Waals surface area contributed by atoms with E-state index in [0.717, 1.165) is 29.4 Å². The van der Waals surface area contributed by atoms with E-state index in [1.165, 1.54) is 18.9 Å². The molecule has 1 unspecified atom stereocenters. The smallest absolute Gasteiger partial charge is 0.138 e. The summed E-state index contributed by atoms with van der Waals surface area (Å²) in [5.74, 6) is 1.29. The van der Waals surface area contributed by atoms with E-state index in [0.29, 0.717) is 16.7 Å². The molecule has 6 heteroatoms. The number of alkyl halides is 1. The van der Waals surface area contributed by atoms with Crippen molar-refractivity contribution in [2.24, 2.45) is 5.92 Å². The van der Waals surface area contributed by atoms with Crippen LogP contribution >= 0.6 is 34.2 Å². The molecule has 1 aromatic heterocycles. The van der Waals surface area contributed by atoms with Gasteiger partial charge in [-0.2, -0.15) is 0 Å². The van der Waals surface area contributed by atoms with Crippen molar-refractivity contribution in [3.63, 3.8) is 0 Å². The summed E-state index contributed by atoms with van der Waals surface area (Å²) in [6, 6.07) is 3.29. The number of ether oxygens (including phenoxy) is 1. The number of imidazole rings is 1.